The lowest BCUT2D eigenvalue weighted by atomic mass is 10.0. The number of fused-ring (bicyclic) bond motifs is 2. The number of H-pyrrole nitrogens is 2. The zero-order chi connectivity index (χ0) is 32.6. The molecule has 9 N–H and O–H groups in total. The Kier molecular flexibility index (Phi) is 10.1. The van der Waals surface area contributed by atoms with Gasteiger partial charge >= 0.3 is 5.97 Å². The molecule has 3 aromatic carbocycles. The molecule has 0 aliphatic rings. The number of para-hydroxylation sites is 2. The monoisotopic (exact) mass is 624 g/mol. The van der Waals surface area contributed by atoms with E-state index in [1.807, 2.05) is 78.9 Å². The quantitative estimate of drug-likeness (QED) is 0.0915. The van der Waals surface area contributed by atoms with Gasteiger partial charge in [-0.15, -0.1) is 0 Å². The smallest absolute Gasteiger partial charge is 0.326 e. The third kappa shape index (κ3) is 7.60. The average molecular weight is 625 g/mol. The molecule has 4 atom stereocenters. The fourth-order valence-corrected chi connectivity index (χ4v) is 5.43. The highest BCUT2D eigenvalue weighted by molar-refractivity contribution is 5.95. The van der Waals surface area contributed by atoms with Crippen molar-refractivity contribution in [2.24, 2.45) is 5.73 Å². The molecule has 4 unspecified atom stereocenters. The maximum absolute atomic E-state index is 13.6. The number of aliphatic hydroxyl groups is 1. The lowest BCUT2D eigenvalue weighted by Gasteiger charge is -2.24. The van der Waals surface area contributed by atoms with E-state index in [2.05, 4.69) is 25.9 Å². The first-order chi connectivity index (χ1) is 22.2. The van der Waals surface area contributed by atoms with Crippen LogP contribution in [0, 0.1) is 0 Å². The van der Waals surface area contributed by atoms with E-state index in [9.17, 15) is 29.4 Å². The van der Waals surface area contributed by atoms with Gasteiger partial charge in [0.25, 0.3) is 0 Å². The van der Waals surface area contributed by atoms with Crippen molar-refractivity contribution in [1.29, 1.82) is 0 Å². The predicted molar refractivity (Wildman–Crippen MR) is 173 cm³/mol. The number of carboxylic acids is 1. The molecule has 238 valence electrons. The van der Waals surface area contributed by atoms with Crippen molar-refractivity contribution in [3.05, 3.63) is 108 Å². The van der Waals surface area contributed by atoms with E-state index >= 15 is 0 Å². The molecule has 5 rings (SSSR count). The molecule has 0 fully saturated rings. The van der Waals surface area contributed by atoms with Crippen molar-refractivity contribution in [2.75, 3.05) is 6.61 Å². The Morgan fingerprint density at radius 2 is 1.11 bits per heavy atom. The molecule has 0 saturated heterocycles. The number of aliphatic carboxylic acids is 1. The van der Waals surface area contributed by atoms with Crippen LogP contribution >= 0.6 is 0 Å². The van der Waals surface area contributed by atoms with Crippen LogP contribution in [-0.2, 0) is 38.4 Å². The first-order valence-electron chi connectivity index (χ1n) is 14.9. The number of hydrogen-bond donors (Lipinski definition) is 8. The Morgan fingerprint density at radius 1 is 0.630 bits per heavy atom. The maximum Gasteiger partial charge on any atom is 0.326 e. The molecule has 5 aromatic rings. The predicted octanol–water partition coefficient (Wildman–Crippen LogP) is 1.54. The van der Waals surface area contributed by atoms with E-state index in [0.717, 1.165) is 32.9 Å². The van der Waals surface area contributed by atoms with E-state index in [-0.39, 0.29) is 19.3 Å². The van der Waals surface area contributed by atoms with Gasteiger partial charge in [0.05, 0.1) is 12.6 Å². The fourth-order valence-electron chi connectivity index (χ4n) is 5.43. The van der Waals surface area contributed by atoms with Crippen LogP contribution < -0.4 is 21.7 Å². The van der Waals surface area contributed by atoms with Gasteiger partial charge < -0.3 is 41.9 Å². The summed E-state index contributed by atoms with van der Waals surface area (Å²) in [5.74, 6) is -3.48. The molecule has 2 aromatic heterocycles. The van der Waals surface area contributed by atoms with Gasteiger partial charge in [0.2, 0.25) is 17.7 Å². The van der Waals surface area contributed by atoms with Crippen molar-refractivity contribution in [3.8, 4) is 0 Å². The standard InChI is InChI=1S/C34H36N6O6/c35-25(14-20-8-2-1-3-9-20)31(42)38-28(15-21-17-36-26-12-6-4-10-23(21)26)32(43)40-30(19-41)33(44)39-29(34(45)46)16-22-18-37-27-13-7-5-11-24(22)27/h1-13,17-18,25,28-30,36-37,41H,14-16,19,35H2,(H,38,42)(H,39,44)(H,40,43)(H,45,46). The van der Waals surface area contributed by atoms with Crippen LogP contribution in [0.3, 0.4) is 0 Å². The Balaban J connectivity index is 1.30. The number of aromatic amines is 2. The van der Waals surface area contributed by atoms with Crippen LogP contribution in [0.2, 0.25) is 0 Å². The molecular formula is C34H36N6O6. The number of carboxylic acid groups (broad SMARTS) is 1. The summed E-state index contributed by atoms with van der Waals surface area (Å²) in [6.45, 7) is -0.807. The average Bonchev–Trinajstić information content (AvgIpc) is 3.67. The van der Waals surface area contributed by atoms with Crippen LogP contribution in [0.15, 0.2) is 91.3 Å². The highest BCUT2D eigenvalue weighted by Gasteiger charge is 2.31. The Morgan fingerprint density at radius 3 is 1.67 bits per heavy atom. The van der Waals surface area contributed by atoms with Crippen molar-refractivity contribution < 1.29 is 29.4 Å². The number of rotatable bonds is 14. The second-order valence-corrected chi connectivity index (χ2v) is 11.1. The third-order valence-electron chi connectivity index (χ3n) is 7.90. The molecule has 0 spiro atoms. The summed E-state index contributed by atoms with van der Waals surface area (Å²) >= 11 is 0. The Bertz CT molecular complexity index is 1830. The van der Waals surface area contributed by atoms with Gasteiger partial charge in [-0.25, -0.2) is 4.79 Å². The van der Waals surface area contributed by atoms with Gasteiger partial charge in [0.15, 0.2) is 0 Å². The van der Waals surface area contributed by atoms with Gasteiger partial charge in [-0.1, -0.05) is 66.7 Å². The molecule has 2 heterocycles. The second-order valence-electron chi connectivity index (χ2n) is 11.1. The largest absolute Gasteiger partial charge is 0.480 e. The molecule has 46 heavy (non-hydrogen) atoms. The minimum atomic E-state index is -1.49. The van der Waals surface area contributed by atoms with Crippen molar-refractivity contribution in [3.63, 3.8) is 0 Å². The van der Waals surface area contributed by atoms with Crippen molar-refractivity contribution >= 4 is 45.5 Å². The normalized spacial score (nSPS) is 13.9. The minimum Gasteiger partial charge on any atom is -0.480 e. The Hall–Kier alpha value is -5.46. The van der Waals surface area contributed by atoms with Crippen LogP contribution in [0.4, 0.5) is 0 Å². The third-order valence-corrected chi connectivity index (χ3v) is 7.90. The molecule has 0 bridgehead atoms. The number of amides is 3. The molecule has 0 aliphatic heterocycles. The number of aromatic nitrogens is 2. The van der Waals surface area contributed by atoms with Crippen LogP contribution in [-0.4, -0.2) is 74.6 Å². The second kappa shape index (κ2) is 14.5. The molecular weight excluding hydrogens is 588 g/mol. The van der Waals surface area contributed by atoms with Crippen LogP contribution in [0.25, 0.3) is 21.8 Å². The number of nitrogens with two attached hydrogens (primary N) is 1. The SMILES string of the molecule is NC(Cc1ccccc1)C(=O)NC(Cc1c[nH]c2ccccc12)C(=O)NC(CO)C(=O)NC(Cc1c[nH]c2ccccc12)C(=O)O. The topological polar surface area (TPSA) is 202 Å². The van der Waals surface area contributed by atoms with E-state index in [1.54, 1.807) is 12.4 Å². The molecule has 0 aliphatic carbocycles. The summed E-state index contributed by atoms with van der Waals surface area (Å²) in [5, 5.41) is 29.2. The first-order valence-corrected chi connectivity index (χ1v) is 14.9. The number of carbonyl (C=O) groups excluding carboxylic acids is 3. The summed E-state index contributed by atoms with van der Waals surface area (Å²) < 4.78 is 0. The van der Waals surface area contributed by atoms with Gasteiger partial charge in [-0.2, -0.15) is 0 Å². The van der Waals surface area contributed by atoms with Crippen LogP contribution in [0.5, 0.6) is 0 Å². The zero-order valence-electron chi connectivity index (χ0n) is 24.9. The summed E-state index contributed by atoms with van der Waals surface area (Å²) in [4.78, 5) is 58.3. The van der Waals surface area contributed by atoms with Gasteiger partial charge in [-0.05, 0) is 35.2 Å². The molecule has 0 radical (unpaired) electrons. The summed E-state index contributed by atoms with van der Waals surface area (Å²) in [5.41, 5.74) is 10.1. The number of nitrogens with one attached hydrogen (secondary N) is 5. The van der Waals surface area contributed by atoms with Gasteiger partial charge in [0, 0.05) is 47.0 Å². The van der Waals surface area contributed by atoms with E-state index in [4.69, 9.17) is 5.73 Å². The van der Waals surface area contributed by atoms with Crippen molar-refractivity contribution in [2.45, 2.75) is 43.4 Å². The minimum absolute atomic E-state index is 0.0320. The number of aliphatic hydroxyl groups excluding tert-OH is 1. The number of benzene rings is 3. The highest BCUT2D eigenvalue weighted by Crippen LogP contribution is 2.20. The molecule has 0 saturated carbocycles. The fraction of sp³-hybridized carbons (Fsp3) is 0.235. The number of carbonyl (C=O) groups is 4. The maximum atomic E-state index is 13.6. The van der Waals surface area contributed by atoms with E-state index in [0.29, 0.717) is 5.56 Å². The summed E-state index contributed by atoms with van der Waals surface area (Å²) in [7, 11) is 0. The summed E-state index contributed by atoms with van der Waals surface area (Å²) in [6, 6.07) is 19.1. The van der Waals surface area contributed by atoms with E-state index in [1.165, 1.54) is 0 Å². The van der Waals surface area contributed by atoms with E-state index < -0.39 is 54.5 Å². The first kappa shape index (κ1) is 31.9. The molecule has 3 amide bonds. The Labute approximate surface area is 264 Å². The highest BCUT2D eigenvalue weighted by atomic mass is 16.4. The molecule has 12 nitrogen and oxygen atoms in total. The summed E-state index contributed by atoms with van der Waals surface area (Å²) in [6.07, 6.45) is 3.67. The number of hydrogen-bond acceptors (Lipinski definition) is 6. The molecule has 12 heteroatoms. The lowest BCUT2D eigenvalue weighted by Crippen LogP contribution is -2.58. The van der Waals surface area contributed by atoms with Gasteiger partial charge in [0.1, 0.15) is 18.1 Å². The van der Waals surface area contributed by atoms with Gasteiger partial charge in [-0.3, -0.25) is 14.4 Å². The van der Waals surface area contributed by atoms with Crippen LogP contribution in [0.1, 0.15) is 16.7 Å². The van der Waals surface area contributed by atoms with Crippen molar-refractivity contribution in [1.82, 2.24) is 25.9 Å². The zero-order valence-corrected chi connectivity index (χ0v) is 24.9. The lowest BCUT2D eigenvalue weighted by molar-refractivity contribution is -0.142.